The molecule has 23 heavy (non-hydrogen) atoms. The Kier molecular flexibility index (Phi) is 6.95. The second kappa shape index (κ2) is 8.25. The number of rotatable bonds is 7. The molecule has 2 N–H and O–H groups in total. The number of carbonyl (C=O) groups is 1. The first-order valence-electron chi connectivity index (χ1n) is 8.29. The maximum Gasteiger partial charge on any atom is 0.276 e. The smallest absolute Gasteiger partial charge is 0.276 e. The number of allylic oxidation sites excluding steroid dienone is 4. The summed E-state index contributed by atoms with van der Waals surface area (Å²) >= 11 is 0. The second-order valence-corrected chi connectivity index (χ2v) is 6.58. The average Bonchev–Trinajstić information content (AvgIpc) is 2.48. The molecule has 0 aliphatic carbocycles. The van der Waals surface area contributed by atoms with Gasteiger partial charge in [0.1, 0.15) is 5.76 Å². The summed E-state index contributed by atoms with van der Waals surface area (Å²) in [6, 6.07) is 0. The SMILES string of the molecule is CCCC1(O)C(C/C=C(\C)C/C=C/C(C)C)=NC(=O)C(C)=C1O. The van der Waals surface area contributed by atoms with Crippen LogP contribution in [0.3, 0.4) is 0 Å². The zero-order valence-electron chi connectivity index (χ0n) is 14.9. The van der Waals surface area contributed by atoms with Crippen LogP contribution in [0.15, 0.2) is 40.1 Å². The Labute approximate surface area is 139 Å². The van der Waals surface area contributed by atoms with Crippen molar-refractivity contribution in [1.82, 2.24) is 0 Å². The molecule has 4 nitrogen and oxygen atoms in total. The first-order valence-corrected chi connectivity index (χ1v) is 8.29. The molecule has 1 aliphatic heterocycles. The lowest BCUT2D eigenvalue weighted by atomic mass is 9.83. The van der Waals surface area contributed by atoms with Gasteiger partial charge in [-0.1, -0.05) is 51.0 Å². The quantitative estimate of drug-likeness (QED) is 0.688. The number of aliphatic hydroxyl groups is 2. The van der Waals surface area contributed by atoms with E-state index >= 15 is 0 Å². The van der Waals surface area contributed by atoms with Crippen molar-refractivity contribution in [3.05, 3.63) is 35.1 Å². The van der Waals surface area contributed by atoms with Crippen LogP contribution in [0.25, 0.3) is 0 Å². The molecule has 4 heteroatoms. The highest BCUT2D eigenvalue weighted by Gasteiger charge is 2.42. The maximum absolute atomic E-state index is 11.9. The zero-order chi connectivity index (χ0) is 17.6. The summed E-state index contributed by atoms with van der Waals surface area (Å²) in [5.41, 5.74) is 0.0867. The zero-order valence-corrected chi connectivity index (χ0v) is 14.9. The van der Waals surface area contributed by atoms with Crippen LogP contribution in [0.2, 0.25) is 0 Å². The molecule has 0 aromatic heterocycles. The van der Waals surface area contributed by atoms with E-state index in [0.717, 1.165) is 12.0 Å². The van der Waals surface area contributed by atoms with E-state index in [4.69, 9.17) is 0 Å². The van der Waals surface area contributed by atoms with Gasteiger partial charge in [-0.05, 0) is 32.6 Å². The van der Waals surface area contributed by atoms with Crippen molar-refractivity contribution in [1.29, 1.82) is 0 Å². The first kappa shape index (κ1) is 19.4. The van der Waals surface area contributed by atoms with E-state index in [1.807, 2.05) is 19.9 Å². The molecule has 0 aromatic carbocycles. The van der Waals surface area contributed by atoms with Crippen molar-refractivity contribution >= 4 is 11.6 Å². The predicted molar refractivity (Wildman–Crippen MR) is 94.6 cm³/mol. The van der Waals surface area contributed by atoms with Crippen LogP contribution in [-0.4, -0.2) is 27.4 Å². The molecular weight excluding hydrogens is 290 g/mol. The lowest BCUT2D eigenvalue weighted by molar-refractivity contribution is -0.115. The molecule has 0 saturated heterocycles. The highest BCUT2D eigenvalue weighted by atomic mass is 16.3. The van der Waals surface area contributed by atoms with Crippen molar-refractivity contribution in [3.8, 4) is 0 Å². The molecule has 1 unspecified atom stereocenters. The van der Waals surface area contributed by atoms with E-state index in [0.29, 0.717) is 30.9 Å². The molecule has 0 saturated carbocycles. The molecule has 0 fully saturated rings. The maximum atomic E-state index is 11.9. The van der Waals surface area contributed by atoms with Gasteiger partial charge in [0.25, 0.3) is 5.91 Å². The van der Waals surface area contributed by atoms with Gasteiger partial charge in [0.05, 0.1) is 11.3 Å². The Morgan fingerprint density at radius 1 is 1.39 bits per heavy atom. The number of amides is 1. The van der Waals surface area contributed by atoms with Gasteiger partial charge < -0.3 is 10.2 Å². The molecule has 0 spiro atoms. The first-order chi connectivity index (χ1) is 10.7. The van der Waals surface area contributed by atoms with Crippen molar-refractivity contribution < 1.29 is 15.0 Å². The minimum absolute atomic E-state index is 0.130. The number of aliphatic imine (C=N–C) groups is 1. The largest absolute Gasteiger partial charge is 0.508 e. The van der Waals surface area contributed by atoms with E-state index in [9.17, 15) is 15.0 Å². The van der Waals surface area contributed by atoms with E-state index in [-0.39, 0.29) is 11.3 Å². The molecule has 1 heterocycles. The Bertz CT molecular complexity index is 567. The number of aliphatic hydroxyl groups excluding tert-OH is 1. The van der Waals surface area contributed by atoms with Crippen LogP contribution < -0.4 is 0 Å². The summed E-state index contributed by atoms with van der Waals surface area (Å²) in [7, 11) is 0. The highest BCUT2D eigenvalue weighted by molar-refractivity contribution is 6.11. The fourth-order valence-corrected chi connectivity index (χ4v) is 2.57. The minimum atomic E-state index is -1.52. The van der Waals surface area contributed by atoms with E-state index in [2.05, 4.69) is 31.0 Å². The van der Waals surface area contributed by atoms with Crippen molar-refractivity contribution in [3.63, 3.8) is 0 Å². The van der Waals surface area contributed by atoms with Gasteiger partial charge in [-0.25, -0.2) is 4.99 Å². The molecule has 1 rings (SSSR count). The molecule has 0 aromatic rings. The summed E-state index contributed by atoms with van der Waals surface area (Å²) in [6.45, 7) is 9.68. The van der Waals surface area contributed by atoms with Crippen LogP contribution in [-0.2, 0) is 4.79 Å². The van der Waals surface area contributed by atoms with Crippen molar-refractivity contribution in [2.45, 2.75) is 65.9 Å². The Morgan fingerprint density at radius 2 is 2.04 bits per heavy atom. The summed E-state index contributed by atoms with van der Waals surface area (Å²) in [4.78, 5) is 15.9. The number of carbonyl (C=O) groups excluding carboxylic acids is 1. The molecular formula is C19H29NO3. The molecule has 128 valence electrons. The Hall–Kier alpha value is -1.68. The third-order valence-corrected chi connectivity index (χ3v) is 4.00. The fourth-order valence-electron chi connectivity index (χ4n) is 2.57. The monoisotopic (exact) mass is 319 g/mol. The van der Waals surface area contributed by atoms with E-state index < -0.39 is 11.5 Å². The summed E-state index contributed by atoms with van der Waals surface area (Å²) < 4.78 is 0. The van der Waals surface area contributed by atoms with Crippen LogP contribution in [0.5, 0.6) is 0 Å². The van der Waals surface area contributed by atoms with Crippen LogP contribution in [0.1, 0.15) is 60.3 Å². The molecule has 1 atom stereocenters. The van der Waals surface area contributed by atoms with E-state index in [1.54, 1.807) is 0 Å². The standard InChI is InChI=1S/C19H29NO3/c1-6-12-19(23)16(20-18(22)15(5)17(19)21)11-10-14(4)9-7-8-13(2)3/h7-8,10,13,21,23H,6,9,11-12H2,1-5H3/b8-7+,14-10+. The summed E-state index contributed by atoms with van der Waals surface area (Å²) in [5, 5.41) is 21.0. The Morgan fingerprint density at radius 3 is 2.61 bits per heavy atom. The third kappa shape index (κ3) is 4.90. The van der Waals surface area contributed by atoms with Gasteiger partial charge in [0, 0.05) is 6.42 Å². The molecule has 0 bridgehead atoms. The van der Waals surface area contributed by atoms with Crippen molar-refractivity contribution in [2.24, 2.45) is 10.9 Å². The number of nitrogens with zero attached hydrogens (tertiary/aromatic N) is 1. The van der Waals surface area contributed by atoms with Gasteiger partial charge in [0.2, 0.25) is 0 Å². The van der Waals surface area contributed by atoms with Crippen molar-refractivity contribution in [2.75, 3.05) is 0 Å². The minimum Gasteiger partial charge on any atom is -0.508 e. The second-order valence-electron chi connectivity index (χ2n) is 6.58. The van der Waals surface area contributed by atoms with Gasteiger partial charge in [-0.2, -0.15) is 0 Å². The molecule has 1 aliphatic rings. The average molecular weight is 319 g/mol. The van der Waals surface area contributed by atoms with Gasteiger partial charge in [0.15, 0.2) is 5.60 Å². The summed E-state index contributed by atoms with van der Waals surface area (Å²) in [6.07, 6.45) is 8.44. The van der Waals surface area contributed by atoms with Gasteiger partial charge >= 0.3 is 0 Å². The summed E-state index contributed by atoms with van der Waals surface area (Å²) in [5.74, 6) is -0.202. The van der Waals surface area contributed by atoms with Crippen LogP contribution in [0.4, 0.5) is 0 Å². The third-order valence-electron chi connectivity index (χ3n) is 4.00. The van der Waals surface area contributed by atoms with Gasteiger partial charge in [-0.15, -0.1) is 0 Å². The fraction of sp³-hybridized carbons (Fsp3) is 0.579. The van der Waals surface area contributed by atoms with Crippen LogP contribution >= 0.6 is 0 Å². The predicted octanol–water partition coefficient (Wildman–Crippen LogP) is 4.27. The normalized spacial score (nSPS) is 23.2. The van der Waals surface area contributed by atoms with Gasteiger partial charge in [-0.3, -0.25) is 4.79 Å². The molecule has 0 radical (unpaired) electrons. The van der Waals surface area contributed by atoms with E-state index in [1.165, 1.54) is 6.92 Å². The molecule has 1 amide bonds. The lowest BCUT2D eigenvalue weighted by Gasteiger charge is -2.32. The lowest BCUT2D eigenvalue weighted by Crippen LogP contribution is -2.44. The topological polar surface area (TPSA) is 69.9 Å². The number of dihydropyridines is 1. The highest BCUT2D eigenvalue weighted by Crippen LogP contribution is 2.31. The number of hydrogen-bond donors (Lipinski definition) is 2. The van der Waals surface area contributed by atoms with Crippen LogP contribution in [0, 0.1) is 5.92 Å². The number of hydrogen-bond acceptors (Lipinski definition) is 3. The Balaban J connectivity index is 2.93.